The van der Waals surface area contributed by atoms with E-state index >= 15 is 0 Å². The molecule has 0 aromatic carbocycles. The van der Waals surface area contributed by atoms with Crippen molar-refractivity contribution in [3.05, 3.63) is 18.3 Å². The molecule has 3 atom stereocenters. The second-order valence-electron chi connectivity index (χ2n) is 5.43. The van der Waals surface area contributed by atoms with Crippen LogP contribution in [0.15, 0.2) is 18.3 Å². The number of anilines is 2. The standard InChI is InChI=1S/C15H23N3O2S/c1-10-8-18(9-11(2)20-10)14-6-5-13(7-16-14)17-15(19)12(3)21-4/h5-7,10-12H,8-9H2,1-4H3,(H,17,19)/t10-,11-,12-/m1/s1. The van der Waals surface area contributed by atoms with Crippen molar-refractivity contribution in [1.29, 1.82) is 0 Å². The Balaban J connectivity index is 2.00. The second kappa shape index (κ2) is 7.13. The molecule has 21 heavy (non-hydrogen) atoms. The van der Waals surface area contributed by atoms with Gasteiger partial charge in [0.05, 0.1) is 29.3 Å². The number of rotatable bonds is 4. The predicted molar refractivity (Wildman–Crippen MR) is 88.1 cm³/mol. The van der Waals surface area contributed by atoms with Crippen LogP contribution in [-0.4, -0.2) is 47.7 Å². The first-order valence-electron chi connectivity index (χ1n) is 7.19. The van der Waals surface area contributed by atoms with E-state index in [2.05, 4.69) is 29.0 Å². The zero-order valence-electron chi connectivity index (χ0n) is 13.0. The number of hydrogen-bond acceptors (Lipinski definition) is 5. The molecule has 6 heteroatoms. The molecule has 1 N–H and O–H groups in total. The molecular weight excluding hydrogens is 286 g/mol. The third kappa shape index (κ3) is 4.35. The van der Waals surface area contributed by atoms with Crippen LogP contribution < -0.4 is 10.2 Å². The topological polar surface area (TPSA) is 54.5 Å². The van der Waals surface area contributed by atoms with E-state index in [0.29, 0.717) is 0 Å². The van der Waals surface area contributed by atoms with Crippen molar-refractivity contribution in [3.8, 4) is 0 Å². The molecule has 0 bridgehead atoms. The summed E-state index contributed by atoms with van der Waals surface area (Å²) < 4.78 is 5.72. The average Bonchev–Trinajstić information content (AvgIpc) is 2.46. The van der Waals surface area contributed by atoms with E-state index < -0.39 is 0 Å². The van der Waals surface area contributed by atoms with Gasteiger partial charge >= 0.3 is 0 Å². The minimum Gasteiger partial charge on any atom is -0.372 e. The first-order chi connectivity index (χ1) is 9.99. The summed E-state index contributed by atoms with van der Waals surface area (Å²) in [5.41, 5.74) is 0.735. The molecule has 2 rings (SSSR count). The Bertz CT molecular complexity index is 470. The molecule has 0 unspecified atom stereocenters. The summed E-state index contributed by atoms with van der Waals surface area (Å²) in [5.74, 6) is 0.929. The summed E-state index contributed by atoms with van der Waals surface area (Å²) in [6, 6.07) is 3.85. The maximum absolute atomic E-state index is 11.8. The molecule has 0 saturated carbocycles. The highest BCUT2D eigenvalue weighted by Crippen LogP contribution is 2.20. The van der Waals surface area contributed by atoms with Gasteiger partial charge in [0, 0.05) is 13.1 Å². The van der Waals surface area contributed by atoms with Crippen LogP contribution in [0.2, 0.25) is 0 Å². The molecule has 1 aliphatic heterocycles. The first-order valence-corrected chi connectivity index (χ1v) is 8.48. The largest absolute Gasteiger partial charge is 0.372 e. The lowest BCUT2D eigenvalue weighted by molar-refractivity contribution is -0.115. The van der Waals surface area contributed by atoms with E-state index in [1.807, 2.05) is 25.3 Å². The van der Waals surface area contributed by atoms with Crippen LogP contribution in [0.25, 0.3) is 0 Å². The van der Waals surface area contributed by atoms with Crippen LogP contribution in [0.1, 0.15) is 20.8 Å². The highest BCUT2D eigenvalue weighted by molar-refractivity contribution is 7.99. The lowest BCUT2D eigenvalue weighted by atomic mass is 10.2. The highest BCUT2D eigenvalue weighted by atomic mass is 32.2. The lowest BCUT2D eigenvalue weighted by Gasteiger charge is -2.36. The quantitative estimate of drug-likeness (QED) is 0.925. The van der Waals surface area contributed by atoms with Crippen LogP contribution in [0.5, 0.6) is 0 Å². The maximum Gasteiger partial charge on any atom is 0.237 e. The normalized spacial score (nSPS) is 23.7. The molecule has 1 fully saturated rings. The smallest absolute Gasteiger partial charge is 0.237 e. The highest BCUT2D eigenvalue weighted by Gasteiger charge is 2.23. The van der Waals surface area contributed by atoms with Crippen LogP contribution >= 0.6 is 11.8 Å². The maximum atomic E-state index is 11.8. The fourth-order valence-corrected chi connectivity index (χ4v) is 2.64. The monoisotopic (exact) mass is 309 g/mol. The summed E-state index contributed by atoms with van der Waals surface area (Å²) in [4.78, 5) is 18.5. The number of nitrogens with zero attached hydrogens (tertiary/aromatic N) is 2. The third-order valence-electron chi connectivity index (χ3n) is 3.48. The van der Waals surface area contributed by atoms with Crippen LogP contribution in [0, 0.1) is 0 Å². The minimum atomic E-state index is -0.0642. The Morgan fingerprint density at radius 2 is 2.10 bits per heavy atom. The van der Waals surface area contributed by atoms with Crippen molar-refractivity contribution in [1.82, 2.24) is 4.98 Å². The molecule has 1 aromatic rings. The number of morpholine rings is 1. The molecule has 0 aliphatic carbocycles. The molecule has 1 amide bonds. The Morgan fingerprint density at radius 1 is 1.43 bits per heavy atom. The van der Waals surface area contributed by atoms with E-state index in [1.54, 1.807) is 6.20 Å². The van der Waals surface area contributed by atoms with Gasteiger partial charge in [-0.15, -0.1) is 0 Å². The minimum absolute atomic E-state index is 0.00525. The van der Waals surface area contributed by atoms with Crippen molar-refractivity contribution >= 4 is 29.2 Å². The van der Waals surface area contributed by atoms with Gasteiger partial charge in [-0.25, -0.2) is 4.98 Å². The predicted octanol–water partition coefficient (Wildman–Crippen LogP) is 2.39. The summed E-state index contributed by atoms with van der Waals surface area (Å²) in [7, 11) is 0. The number of carbonyl (C=O) groups excluding carboxylic acids is 1. The molecule has 0 radical (unpaired) electrons. The summed E-state index contributed by atoms with van der Waals surface area (Å²) >= 11 is 1.52. The van der Waals surface area contributed by atoms with E-state index in [9.17, 15) is 4.79 Å². The number of pyridine rings is 1. The molecule has 5 nitrogen and oxygen atoms in total. The molecular formula is C15H23N3O2S. The second-order valence-corrected chi connectivity index (χ2v) is 6.61. The third-order valence-corrected chi connectivity index (χ3v) is 4.40. The number of ether oxygens (including phenoxy) is 1. The molecule has 0 spiro atoms. The van der Waals surface area contributed by atoms with E-state index in [-0.39, 0.29) is 23.4 Å². The average molecular weight is 309 g/mol. The number of hydrogen-bond donors (Lipinski definition) is 1. The fourth-order valence-electron chi connectivity index (χ4n) is 2.36. The van der Waals surface area contributed by atoms with E-state index in [0.717, 1.165) is 24.6 Å². The summed E-state index contributed by atoms with van der Waals surface area (Å²) in [6.07, 6.45) is 4.05. The molecule has 1 aliphatic rings. The van der Waals surface area contributed by atoms with Crippen LogP contribution in [0.4, 0.5) is 11.5 Å². The molecule has 2 heterocycles. The van der Waals surface area contributed by atoms with Crippen molar-refractivity contribution in [3.63, 3.8) is 0 Å². The van der Waals surface area contributed by atoms with E-state index in [4.69, 9.17) is 4.74 Å². The lowest BCUT2D eigenvalue weighted by Crippen LogP contribution is -2.45. The number of nitrogens with one attached hydrogen (secondary N) is 1. The van der Waals surface area contributed by atoms with Crippen molar-refractivity contribution in [2.45, 2.75) is 38.2 Å². The van der Waals surface area contributed by atoms with Gasteiger partial charge in [-0.2, -0.15) is 11.8 Å². The van der Waals surface area contributed by atoms with Crippen molar-refractivity contribution in [2.24, 2.45) is 0 Å². The number of aromatic nitrogens is 1. The number of carbonyl (C=O) groups is 1. The van der Waals surface area contributed by atoms with Gasteiger partial charge in [-0.05, 0) is 39.2 Å². The van der Waals surface area contributed by atoms with Gasteiger partial charge in [0.25, 0.3) is 0 Å². The van der Waals surface area contributed by atoms with Gasteiger partial charge in [0.15, 0.2) is 0 Å². The van der Waals surface area contributed by atoms with Gasteiger partial charge in [-0.1, -0.05) is 0 Å². The Hall–Kier alpha value is -1.27. The van der Waals surface area contributed by atoms with Gasteiger partial charge in [0.2, 0.25) is 5.91 Å². The molecule has 1 aromatic heterocycles. The van der Waals surface area contributed by atoms with Crippen molar-refractivity contribution in [2.75, 3.05) is 29.6 Å². The first kappa shape index (κ1) is 16.1. The Morgan fingerprint density at radius 3 is 2.62 bits per heavy atom. The fraction of sp³-hybridized carbons (Fsp3) is 0.600. The van der Waals surface area contributed by atoms with E-state index in [1.165, 1.54) is 11.8 Å². The molecule has 1 saturated heterocycles. The van der Waals surface area contributed by atoms with Crippen LogP contribution in [0.3, 0.4) is 0 Å². The Labute approximate surface area is 130 Å². The van der Waals surface area contributed by atoms with Crippen LogP contribution in [-0.2, 0) is 9.53 Å². The van der Waals surface area contributed by atoms with Gasteiger partial charge in [-0.3, -0.25) is 4.79 Å². The summed E-state index contributed by atoms with van der Waals surface area (Å²) in [6.45, 7) is 7.71. The summed E-state index contributed by atoms with van der Waals surface area (Å²) in [5, 5.41) is 2.81. The number of amides is 1. The van der Waals surface area contributed by atoms with Crippen molar-refractivity contribution < 1.29 is 9.53 Å². The van der Waals surface area contributed by atoms with Gasteiger partial charge < -0.3 is 15.0 Å². The zero-order valence-corrected chi connectivity index (χ0v) is 13.8. The molecule has 116 valence electrons. The van der Waals surface area contributed by atoms with Gasteiger partial charge in [0.1, 0.15) is 5.82 Å². The zero-order chi connectivity index (χ0) is 15.4. The SMILES string of the molecule is CS[C@H](C)C(=O)Nc1ccc(N2C[C@@H](C)O[C@H](C)C2)nc1. The number of thioether (sulfide) groups is 1. The Kier molecular flexibility index (Phi) is 5.47.